The van der Waals surface area contributed by atoms with Gasteiger partial charge < -0.3 is 5.73 Å². The molecule has 0 saturated heterocycles. The summed E-state index contributed by atoms with van der Waals surface area (Å²) in [5.41, 5.74) is 6.14. The summed E-state index contributed by atoms with van der Waals surface area (Å²) in [5, 5.41) is 0.285. The molecule has 2 nitrogen and oxygen atoms in total. The van der Waals surface area contributed by atoms with Crippen LogP contribution in [0.3, 0.4) is 0 Å². The van der Waals surface area contributed by atoms with Crippen LogP contribution in [0.4, 0.5) is 4.39 Å². The zero-order valence-electron chi connectivity index (χ0n) is 8.47. The highest BCUT2D eigenvalue weighted by Gasteiger charge is 2.09. The van der Waals surface area contributed by atoms with Crippen LogP contribution in [-0.2, 0) is 11.2 Å². The van der Waals surface area contributed by atoms with Gasteiger partial charge >= 0.3 is 0 Å². The number of carbonyl (C=O) groups is 1. The average molecular weight is 230 g/mol. The summed E-state index contributed by atoms with van der Waals surface area (Å²) in [6.07, 6.45) is 0.522. The van der Waals surface area contributed by atoms with E-state index in [1.54, 1.807) is 6.92 Å². The Balaban J connectivity index is 2.68. The van der Waals surface area contributed by atoms with Gasteiger partial charge in [0.25, 0.3) is 0 Å². The van der Waals surface area contributed by atoms with Crippen LogP contribution in [0.1, 0.15) is 18.9 Å². The van der Waals surface area contributed by atoms with Crippen LogP contribution in [0.15, 0.2) is 18.2 Å². The molecule has 0 saturated carbocycles. The van der Waals surface area contributed by atoms with E-state index in [1.165, 1.54) is 18.2 Å². The molecule has 4 heteroatoms. The third kappa shape index (κ3) is 3.98. The third-order valence-electron chi connectivity index (χ3n) is 1.95. The van der Waals surface area contributed by atoms with Crippen LogP contribution in [0, 0.1) is 5.82 Å². The molecule has 0 spiro atoms. The summed E-state index contributed by atoms with van der Waals surface area (Å²) < 4.78 is 12.7. The fraction of sp³-hybridized carbons (Fsp3) is 0.364. The van der Waals surface area contributed by atoms with Gasteiger partial charge in [-0.3, -0.25) is 4.79 Å². The second-order valence-electron chi connectivity index (χ2n) is 3.63. The molecule has 0 heterocycles. The Morgan fingerprint density at radius 3 is 2.80 bits per heavy atom. The SMILES string of the molecule is CC(N)CC(=O)Cc1ccc(F)cc1Cl. The number of carbonyl (C=O) groups excluding carboxylic acids is 1. The summed E-state index contributed by atoms with van der Waals surface area (Å²) in [7, 11) is 0. The maximum atomic E-state index is 12.7. The number of benzene rings is 1. The van der Waals surface area contributed by atoms with E-state index in [4.69, 9.17) is 17.3 Å². The normalized spacial score (nSPS) is 12.5. The summed E-state index contributed by atoms with van der Waals surface area (Å²) >= 11 is 5.79. The van der Waals surface area contributed by atoms with Crippen LogP contribution in [-0.4, -0.2) is 11.8 Å². The smallest absolute Gasteiger partial charge is 0.138 e. The molecule has 1 aromatic rings. The van der Waals surface area contributed by atoms with Crippen molar-refractivity contribution in [2.75, 3.05) is 0 Å². The van der Waals surface area contributed by atoms with Crippen molar-refractivity contribution in [1.29, 1.82) is 0 Å². The van der Waals surface area contributed by atoms with Gasteiger partial charge in [0.1, 0.15) is 11.6 Å². The first-order chi connectivity index (χ1) is 6.99. The molecule has 0 aliphatic carbocycles. The zero-order chi connectivity index (χ0) is 11.4. The fourth-order valence-electron chi connectivity index (χ4n) is 1.31. The quantitative estimate of drug-likeness (QED) is 0.861. The molecule has 1 aromatic carbocycles. The van der Waals surface area contributed by atoms with Crippen molar-refractivity contribution in [1.82, 2.24) is 0 Å². The fourth-order valence-corrected chi connectivity index (χ4v) is 1.54. The van der Waals surface area contributed by atoms with Crippen LogP contribution < -0.4 is 5.73 Å². The van der Waals surface area contributed by atoms with Crippen molar-refractivity contribution in [2.24, 2.45) is 5.73 Å². The molecule has 1 atom stereocenters. The first kappa shape index (κ1) is 12.1. The minimum Gasteiger partial charge on any atom is -0.328 e. The van der Waals surface area contributed by atoms with E-state index < -0.39 is 5.82 Å². The second-order valence-corrected chi connectivity index (χ2v) is 4.04. The lowest BCUT2D eigenvalue weighted by molar-refractivity contribution is -0.118. The van der Waals surface area contributed by atoms with Crippen LogP contribution in [0.5, 0.6) is 0 Å². The summed E-state index contributed by atoms with van der Waals surface area (Å²) in [4.78, 5) is 11.4. The topological polar surface area (TPSA) is 43.1 Å². The van der Waals surface area contributed by atoms with Gasteiger partial charge in [0.15, 0.2) is 0 Å². The highest BCUT2D eigenvalue weighted by Crippen LogP contribution is 2.18. The molecule has 0 bridgehead atoms. The Morgan fingerprint density at radius 2 is 2.27 bits per heavy atom. The Hall–Kier alpha value is -0.930. The van der Waals surface area contributed by atoms with Crippen molar-refractivity contribution in [3.05, 3.63) is 34.6 Å². The molecule has 1 rings (SSSR count). The minimum atomic E-state index is -0.400. The maximum absolute atomic E-state index is 12.7. The predicted octanol–water partition coefficient (Wildman–Crippen LogP) is 2.33. The zero-order valence-corrected chi connectivity index (χ0v) is 9.22. The van der Waals surface area contributed by atoms with Gasteiger partial charge in [0, 0.05) is 23.9 Å². The maximum Gasteiger partial charge on any atom is 0.138 e. The van der Waals surface area contributed by atoms with E-state index in [1.807, 2.05) is 0 Å². The van der Waals surface area contributed by atoms with E-state index in [9.17, 15) is 9.18 Å². The lowest BCUT2D eigenvalue weighted by Gasteiger charge is -2.05. The summed E-state index contributed by atoms with van der Waals surface area (Å²) in [6.45, 7) is 1.77. The number of rotatable bonds is 4. The van der Waals surface area contributed by atoms with Gasteiger partial charge in [-0.15, -0.1) is 0 Å². The van der Waals surface area contributed by atoms with Crippen molar-refractivity contribution in [3.63, 3.8) is 0 Å². The van der Waals surface area contributed by atoms with Crippen molar-refractivity contribution >= 4 is 17.4 Å². The van der Waals surface area contributed by atoms with Gasteiger partial charge in [-0.1, -0.05) is 17.7 Å². The molecule has 1 unspecified atom stereocenters. The molecule has 0 amide bonds. The number of hydrogen-bond donors (Lipinski definition) is 1. The van der Waals surface area contributed by atoms with E-state index in [-0.39, 0.29) is 23.3 Å². The molecule has 0 fully saturated rings. The van der Waals surface area contributed by atoms with Gasteiger partial charge in [-0.05, 0) is 24.6 Å². The summed E-state index contributed by atoms with van der Waals surface area (Å²) in [5.74, 6) is -0.387. The first-order valence-corrected chi connectivity index (χ1v) is 5.08. The average Bonchev–Trinajstić information content (AvgIpc) is 2.08. The van der Waals surface area contributed by atoms with Crippen molar-refractivity contribution in [3.8, 4) is 0 Å². The Morgan fingerprint density at radius 1 is 1.60 bits per heavy atom. The van der Waals surface area contributed by atoms with Gasteiger partial charge in [-0.2, -0.15) is 0 Å². The van der Waals surface area contributed by atoms with Gasteiger partial charge in [0.2, 0.25) is 0 Å². The highest BCUT2D eigenvalue weighted by molar-refractivity contribution is 6.31. The molecule has 82 valence electrons. The molecular formula is C11H13ClFNO. The lowest BCUT2D eigenvalue weighted by Crippen LogP contribution is -2.20. The first-order valence-electron chi connectivity index (χ1n) is 4.70. The predicted molar refractivity (Wildman–Crippen MR) is 58.4 cm³/mol. The van der Waals surface area contributed by atoms with E-state index in [0.717, 1.165) is 0 Å². The molecule has 0 aliphatic rings. The van der Waals surface area contributed by atoms with Crippen LogP contribution in [0.2, 0.25) is 5.02 Å². The number of nitrogens with two attached hydrogens (primary N) is 1. The molecule has 0 radical (unpaired) electrons. The van der Waals surface area contributed by atoms with Crippen LogP contribution in [0.25, 0.3) is 0 Å². The second kappa shape index (κ2) is 5.24. The lowest BCUT2D eigenvalue weighted by atomic mass is 10.0. The van der Waals surface area contributed by atoms with E-state index in [0.29, 0.717) is 12.0 Å². The van der Waals surface area contributed by atoms with Gasteiger partial charge in [0.05, 0.1) is 0 Å². The van der Waals surface area contributed by atoms with E-state index >= 15 is 0 Å². The molecule has 2 N–H and O–H groups in total. The number of Topliss-reactive ketones (excluding diaryl/α,β-unsaturated/α-hetero) is 1. The Kier molecular flexibility index (Phi) is 4.24. The standard InChI is InChI=1S/C11H13ClFNO/c1-7(14)4-10(15)5-8-2-3-9(13)6-11(8)12/h2-3,6-7H,4-5,14H2,1H3. The minimum absolute atomic E-state index is 0.0125. The monoisotopic (exact) mass is 229 g/mol. The number of hydrogen-bond acceptors (Lipinski definition) is 2. The van der Waals surface area contributed by atoms with Crippen LogP contribution >= 0.6 is 11.6 Å². The Bertz CT molecular complexity index is 366. The molecule has 0 aliphatic heterocycles. The van der Waals surface area contributed by atoms with E-state index in [2.05, 4.69) is 0 Å². The van der Waals surface area contributed by atoms with Gasteiger partial charge in [-0.25, -0.2) is 4.39 Å². The highest BCUT2D eigenvalue weighted by atomic mass is 35.5. The Labute approximate surface area is 93.2 Å². The molecular weight excluding hydrogens is 217 g/mol. The number of halogens is 2. The largest absolute Gasteiger partial charge is 0.328 e. The molecule has 15 heavy (non-hydrogen) atoms. The van der Waals surface area contributed by atoms with Crippen molar-refractivity contribution in [2.45, 2.75) is 25.8 Å². The van der Waals surface area contributed by atoms with Crippen molar-refractivity contribution < 1.29 is 9.18 Å². The summed E-state index contributed by atoms with van der Waals surface area (Å²) in [6, 6.07) is 3.87. The number of ketones is 1. The molecule has 0 aromatic heterocycles. The third-order valence-corrected chi connectivity index (χ3v) is 2.30.